The van der Waals surface area contributed by atoms with Crippen LogP contribution in [0.5, 0.6) is 0 Å². The van der Waals surface area contributed by atoms with E-state index in [2.05, 4.69) is 15.0 Å². The number of aromatic nitrogens is 4. The summed E-state index contributed by atoms with van der Waals surface area (Å²) in [4.78, 5) is 12.1. The van der Waals surface area contributed by atoms with Crippen LogP contribution in [0.25, 0.3) is 43.2 Å². The fourth-order valence-electron chi connectivity index (χ4n) is 4.92. The predicted molar refractivity (Wildman–Crippen MR) is 134 cm³/mol. The molecule has 0 aliphatic heterocycles. The monoisotopic (exact) mass is 547 g/mol. The molecule has 4 nitrogen and oxygen atoms in total. The summed E-state index contributed by atoms with van der Waals surface area (Å²) in [6.07, 6.45) is -10.7. The number of hydrogen-bond donors (Lipinski definition) is 0. The maximum absolute atomic E-state index is 13.7. The average molecular weight is 548 g/mol. The average Bonchev–Trinajstić information content (AvgIpc) is 3.13. The molecule has 0 aliphatic carbocycles. The summed E-state index contributed by atoms with van der Waals surface area (Å²) in [6, 6.07) is 11.5. The molecule has 5 aromatic rings. The van der Waals surface area contributed by atoms with Crippen molar-refractivity contribution in [2.24, 2.45) is 7.05 Å². The lowest BCUT2D eigenvalue weighted by Crippen LogP contribution is -2.36. The minimum absolute atomic E-state index is 0.326. The maximum Gasteiger partial charge on any atom is 0.460 e. The summed E-state index contributed by atoms with van der Waals surface area (Å²) in [5, 5.41) is 0.963. The SMILES string of the molecule is Cc1cc(C)c(-c2nc3nc(C(F)(F)F)c(C(F)(F)F)nc3[n+](C)c2-c2sc3ccccc3c2C)c(C)c1. The Labute approximate surface area is 217 Å². The van der Waals surface area contributed by atoms with Crippen LogP contribution in [0.2, 0.25) is 0 Å². The van der Waals surface area contributed by atoms with Crippen LogP contribution in [0.3, 0.4) is 0 Å². The van der Waals surface area contributed by atoms with E-state index in [4.69, 9.17) is 0 Å². The van der Waals surface area contributed by atoms with Gasteiger partial charge in [0, 0.05) is 10.3 Å². The van der Waals surface area contributed by atoms with E-state index in [9.17, 15) is 26.3 Å². The molecule has 2 aromatic carbocycles. The lowest BCUT2D eigenvalue weighted by molar-refractivity contribution is -0.635. The molecule has 0 atom stereocenters. The number of alkyl halides is 6. The molecular weight excluding hydrogens is 526 g/mol. The van der Waals surface area contributed by atoms with Gasteiger partial charge >= 0.3 is 18.0 Å². The fourth-order valence-corrected chi connectivity index (χ4v) is 6.22. The van der Waals surface area contributed by atoms with Crippen LogP contribution in [-0.2, 0) is 19.4 Å². The molecule has 0 saturated carbocycles. The molecule has 0 spiro atoms. The van der Waals surface area contributed by atoms with Gasteiger partial charge in [-0.05, 0) is 60.8 Å². The van der Waals surface area contributed by atoms with E-state index in [0.29, 0.717) is 17.0 Å². The minimum atomic E-state index is -5.37. The summed E-state index contributed by atoms with van der Waals surface area (Å²) in [6.45, 7) is 7.55. The van der Waals surface area contributed by atoms with Crippen molar-refractivity contribution in [3.63, 3.8) is 0 Å². The van der Waals surface area contributed by atoms with E-state index in [1.165, 1.54) is 23.0 Å². The third-order valence-corrected chi connectivity index (χ3v) is 7.74. The molecule has 0 fully saturated rings. The summed E-state index contributed by atoms with van der Waals surface area (Å²) in [5.74, 6) is 0. The number of benzene rings is 2. The second-order valence-corrected chi connectivity index (χ2v) is 10.3. The van der Waals surface area contributed by atoms with Crippen LogP contribution >= 0.6 is 11.3 Å². The lowest BCUT2D eigenvalue weighted by Gasteiger charge is -2.16. The minimum Gasteiger partial charge on any atom is -0.220 e. The first kappa shape index (κ1) is 26.0. The van der Waals surface area contributed by atoms with E-state index < -0.39 is 35.0 Å². The van der Waals surface area contributed by atoms with Crippen molar-refractivity contribution in [3.8, 4) is 21.8 Å². The van der Waals surface area contributed by atoms with E-state index in [-0.39, 0.29) is 0 Å². The highest BCUT2D eigenvalue weighted by Gasteiger charge is 2.51. The molecule has 3 heterocycles. The van der Waals surface area contributed by atoms with Gasteiger partial charge in [0.15, 0.2) is 5.69 Å². The van der Waals surface area contributed by atoms with Crippen molar-refractivity contribution >= 4 is 32.7 Å². The number of thiophene rings is 1. The topological polar surface area (TPSA) is 42.6 Å². The van der Waals surface area contributed by atoms with Gasteiger partial charge in [0.1, 0.15) is 5.69 Å². The van der Waals surface area contributed by atoms with E-state index >= 15 is 0 Å². The molecule has 0 bridgehead atoms. The van der Waals surface area contributed by atoms with Crippen molar-refractivity contribution in [1.82, 2.24) is 15.0 Å². The quantitative estimate of drug-likeness (QED) is 0.168. The van der Waals surface area contributed by atoms with Gasteiger partial charge in [-0.2, -0.15) is 26.3 Å². The zero-order valence-electron chi connectivity index (χ0n) is 20.9. The number of nitrogens with zero attached hydrogens (tertiary/aromatic N) is 4. The number of hydrogen-bond acceptors (Lipinski definition) is 4. The van der Waals surface area contributed by atoms with Gasteiger partial charge in [-0.15, -0.1) is 11.3 Å². The Morgan fingerprint density at radius 1 is 0.789 bits per heavy atom. The highest BCUT2D eigenvalue weighted by molar-refractivity contribution is 7.22. The van der Waals surface area contributed by atoms with Gasteiger partial charge in [-0.25, -0.2) is 14.5 Å². The molecule has 196 valence electrons. The Hall–Kier alpha value is -3.60. The number of aryl methyl sites for hydroxylation is 5. The molecule has 0 unspecified atom stereocenters. The van der Waals surface area contributed by atoms with Crippen LogP contribution < -0.4 is 4.57 Å². The van der Waals surface area contributed by atoms with Gasteiger partial charge in [0.05, 0.1) is 11.9 Å². The maximum atomic E-state index is 13.7. The summed E-state index contributed by atoms with van der Waals surface area (Å²) in [5.41, 5.74) is -0.160. The molecular formula is C27H21F6N4S+. The van der Waals surface area contributed by atoms with Crippen LogP contribution in [-0.4, -0.2) is 15.0 Å². The largest absolute Gasteiger partial charge is 0.460 e. The Balaban J connectivity index is 1.98. The van der Waals surface area contributed by atoms with Crippen molar-refractivity contribution in [1.29, 1.82) is 0 Å². The zero-order valence-corrected chi connectivity index (χ0v) is 21.7. The molecule has 0 radical (unpaired) electrons. The predicted octanol–water partition coefficient (Wildman–Crippen LogP) is 7.67. The summed E-state index contributed by atoms with van der Waals surface area (Å²) < 4.78 is 84.5. The van der Waals surface area contributed by atoms with E-state index in [0.717, 1.165) is 37.2 Å². The van der Waals surface area contributed by atoms with E-state index in [1.54, 1.807) is 0 Å². The molecule has 5 rings (SSSR count). The van der Waals surface area contributed by atoms with Crippen LogP contribution in [0.1, 0.15) is 33.6 Å². The van der Waals surface area contributed by atoms with Gasteiger partial charge in [0.25, 0.3) is 5.69 Å². The molecule has 0 saturated heterocycles. The first-order valence-electron chi connectivity index (χ1n) is 11.5. The first-order valence-corrected chi connectivity index (χ1v) is 12.3. The fraction of sp³-hybridized carbons (Fsp3) is 0.259. The Morgan fingerprint density at radius 2 is 1.37 bits per heavy atom. The van der Waals surface area contributed by atoms with Crippen molar-refractivity contribution in [2.45, 2.75) is 40.0 Å². The second-order valence-electron chi connectivity index (χ2n) is 9.26. The van der Waals surface area contributed by atoms with Gasteiger partial charge in [-0.1, -0.05) is 35.9 Å². The highest BCUT2D eigenvalue weighted by atomic mass is 32.1. The zero-order chi connectivity index (χ0) is 27.7. The molecule has 0 amide bonds. The Bertz CT molecular complexity index is 1730. The number of rotatable bonds is 2. The van der Waals surface area contributed by atoms with Gasteiger partial charge in [0.2, 0.25) is 11.3 Å². The summed E-state index contributed by atoms with van der Waals surface area (Å²) >= 11 is 1.43. The number of halogens is 6. The van der Waals surface area contributed by atoms with Crippen molar-refractivity contribution in [2.75, 3.05) is 0 Å². The smallest absolute Gasteiger partial charge is 0.220 e. The van der Waals surface area contributed by atoms with Crippen LogP contribution in [0.15, 0.2) is 36.4 Å². The molecule has 11 heteroatoms. The van der Waals surface area contributed by atoms with Crippen LogP contribution in [0, 0.1) is 27.7 Å². The second kappa shape index (κ2) is 8.72. The molecule has 3 aromatic heterocycles. The Kier molecular flexibility index (Phi) is 5.97. The Morgan fingerprint density at radius 3 is 1.95 bits per heavy atom. The molecule has 0 N–H and O–H groups in total. The normalized spacial score (nSPS) is 12.6. The third kappa shape index (κ3) is 4.18. The first-order chi connectivity index (χ1) is 17.7. The lowest BCUT2D eigenvalue weighted by atomic mass is 9.95. The van der Waals surface area contributed by atoms with Gasteiger partial charge in [-0.3, -0.25) is 0 Å². The highest BCUT2D eigenvalue weighted by Crippen LogP contribution is 2.43. The summed E-state index contributed by atoms with van der Waals surface area (Å²) in [7, 11) is 1.48. The van der Waals surface area contributed by atoms with Gasteiger partial charge < -0.3 is 0 Å². The molecule has 38 heavy (non-hydrogen) atoms. The molecule has 0 aliphatic rings. The third-order valence-electron chi connectivity index (χ3n) is 6.46. The van der Waals surface area contributed by atoms with Crippen molar-refractivity contribution in [3.05, 3.63) is 70.0 Å². The van der Waals surface area contributed by atoms with E-state index in [1.807, 2.05) is 64.1 Å². The van der Waals surface area contributed by atoms with Crippen LogP contribution in [0.4, 0.5) is 26.3 Å². The number of fused-ring (bicyclic) bond motifs is 2. The van der Waals surface area contributed by atoms with Crippen molar-refractivity contribution < 1.29 is 30.9 Å². The standard InChI is InChI=1S/C27H21F6N4S/c1-12-10-13(2)18(14(3)11-12)19-20(21-15(4)16-8-6-7-9-17(16)38-21)37(5)25-24(34-19)35-22(26(28,29)30)23(36-25)27(31,32)33/h6-11H,1-5H3/q+1.